The molecule has 0 saturated carbocycles. The molecule has 0 rings (SSSR count). The Hall–Kier alpha value is 0.900. The zero-order valence-electron chi connectivity index (χ0n) is 13.8. The zero-order chi connectivity index (χ0) is 14.5. The van der Waals surface area contributed by atoms with Crippen molar-refractivity contribution in [3.63, 3.8) is 0 Å². The second-order valence-corrected chi connectivity index (χ2v) is 4.88. The van der Waals surface area contributed by atoms with Crippen LogP contribution >= 0.6 is 0 Å². The summed E-state index contributed by atoms with van der Waals surface area (Å²) in [4.78, 5) is 21.0. The molecule has 1 atom stereocenters. The maximum Gasteiger partial charge on any atom is 1.00 e. The fraction of sp³-hybridized carbons (Fsp3) is 0.857. The largest absolute Gasteiger partial charge is 1.00 e. The van der Waals surface area contributed by atoms with Crippen LogP contribution in [0.4, 0.5) is 0 Å². The topological polar surface area (TPSA) is 92.3 Å². The van der Waals surface area contributed by atoms with Crippen molar-refractivity contribution in [1.29, 1.82) is 0 Å². The minimum Gasteiger partial charge on any atom is -0.550 e. The van der Waals surface area contributed by atoms with Crippen molar-refractivity contribution in [1.82, 2.24) is 5.32 Å². The van der Waals surface area contributed by atoms with Gasteiger partial charge >= 0.3 is 59.1 Å². The van der Waals surface area contributed by atoms with Crippen LogP contribution < -0.4 is 74.6 Å². The van der Waals surface area contributed by atoms with Crippen molar-refractivity contribution >= 4 is 11.9 Å². The summed E-state index contributed by atoms with van der Waals surface area (Å²) in [6, 6.07) is -1.14. The summed E-state index contributed by atoms with van der Waals surface area (Å²) in [5.41, 5.74) is 0. The van der Waals surface area contributed by atoms with Crippen LogP contribution in [0.3, 0.4) is 0 Å². The van der Waals surface area contributed by atoms with Crippen molar-refractivity contribution in [3.8, 4) is 0 Å². The molecule has 0 fully saturated rings. The van der Waals surface area contributed by atoms with Gasteiger partial charge < -0.3 is 25.1 Å². The van der Waals surface area contributed by atoms with E-state index >= 15 is 0 Å². The van der Waals surface area contributed by atoms with E-state index in [0.717, 1.165) is 19.3 Å². The molecule has 0 spiro atoms. The molecule has 112 valence electrons. The van der Waals surface area contributed by atoms with Crippen LogP contribution in [0.15, 0.2) is 0 Å². The Morgan fingerprint density at radius 3 is 1.81 bits per heavy atom. The number of carboxylic acids is 2. The quantitative estimate of drug-likeness (QED) is 0.270. The van der Waals surface area contributed by atoms with Gasteiger partial charge in [0.25, 0.3) is 0 Å². The van der Waals surface area contributed by atoms with Gasteiger partial charge in [-0.05, 0) is 13.0 Å². The van der Waals surface area contributed by atoms with Gasteiger partial charge in [0.2, 0.25) is 0 Å². The van der Waals surface area contributed by atoms with E-state index in [4.69, 9.17) is 0 Å². The van der Waals surface area contributed by atoms with Crippen LogP contribution in [0, 0.1) is 0 Å². The number of nitrogens with one attached hydrogen (secondary N) is 1. The summed E-state index contributed by atoms with van der Waals surface area (Å²) < 4.78 is 0. The molecule has 0 aliphatic carbocycles. The summed E-state index contributed by atoms with van der Waals surface area (Å²) in [6.07, 6.45) is 8.77. The molecule has 0 aliphatic heterocycles. The summed E-state index contributed by atoms with van der Waals surface area (Å²) in [6.45, 7) is 2.69. The van der Waals surface area contributed by atoms with Gasteiger partial charge in [0, 0.05) is 12.4 Å². The maximum atomic E-state index is 10.6. The number of rotatable bonds is 13. The van der Waals surface area contributed by atoms with Crippen molar-refractivity contribution in [2.45, 2.75) is 70.8 Å². The van der Waals surface area contributed by atoms with Gasteiger partial charge in [0.05, 0.1) is 12.0 Å². The van der Waals surface area contributed by atoms with Crippen LogP contribution in [0.1, 0.15) is 64.7 Å². The smallest absolute Gasteiger partial charge is 0.550 e. The van der Waals surface area contributed by atoms with Gasteiger partial charge in [-0.3, -0.25) is 0 Å². The first-order chi connectivity index (χ1) is 9.07. The van der Waals surface area contributed by atoms with Gasteiger partial charge in [-0.1, -0.05) is 51.9 Å². The van der Waals surface area contributed by atoms with Crippen LogP contribution in [-0.4, -0.2) is 24.5 Å². The van der Waals surface area contributed by atoms with E-state index in [0.29, 0.717) is 6.54 Å². The SMILES string of the molecule is CCCCCCCCCCN[C@@H](CC(=O)[O-])C(=O)[O-].[Na+].[Na+]. The first-order valence-electron chi connectivity index (χ1n) is 7.22. The van der Waals surface area contributed by atoms with Gasteiger partial charge in [-0.15, -0.1) is 0 Å². The van der Waals surface area contributed by atoms with Gasteiger partial charge in [-0.25, -0.2) is 0 Å². The molecule has 21 heavy (non-hydrogen) atoms. The fourth-order valence-corrected chi connectivity index (χ4v) is 1.94. The molecule has 0 radical (unpaired) electrons. The van der Waals surface area contributed by atoms with Crippen molar-refractivity contribution < 1.29 is 78.9 Å². The Bertz CT molecular complexity index is 265. The molecule has 7 heteroatoms. The van der Waals surface area contributed by atoms with Gasteiger partial charge in [0.15, 0.2) is 0 Å². The second kappa shape index (κ2) is 18.9. The third kappa shape index (κ3) is 18.9. The predicted octanol–water partition coefficient (Wildman–Crippen LogP) is -6.02. The molecule has 0 aromatic heterocycles. The number of hydrogen-bond acceptors (Lipinski definition) is 5. The Morgan fingerprint density at radius 2 is 1.38 bits per heavy atom. The van der Waals surface area contributed by atoms with E-state index in [1.807, 2.05) is 0 Å². The Kier molecular flexibility index (Phi) is 24.2. The average molecular weight is 317 g/mol. The monoisotopic (exact) mass is 317 g/mol. The zero-order valence-corrected chi connectivity index (χ0v) is 17.8. The van der Waals surface area contributed by atoms with E-state index in [1.54, 1.807) is 0 Å². The molecule has 0 amide bonds. The number of carbonyl (C=O) groups excluding carboxylic acids is 2. The molecule has 0 aliphatic rings. The van der Waals surface area contributed by atoms with Crippen molar-refractivity contribution in [2.75, 3.05) is 6.54 Å². The third-order valence-electron chi connectivity index (χ3n) is 3.08. The molecule has 0 saturated heterocycles. The standard InChI is InChI=1S/C14H27NO4.2Na/c1-2-3-4-5-6-7-8-9-10-15-12(14(18)19)11-13(16)17;;/h12,15H,2-11H2,1H3,(H,16,17)(H,18,19);;/q;2*+1/p-2/t12-;;/m0../s1. The normalized spacial score (nSPS) is 11.1. The van der Waals surface area contributed by atoms with E-state index in [-0.39, 0.29) is 59.1 Å². The summed E-state index contributed by atoms with van der Waals surface area (Å²) >= 11 is 0. The summed E-state index contributed by atoms with van der Waals surface area (Å²) in [7, 11) is 0. The second-order valence-electron chi connectivity index (χ2n) is 4.88. The van der Waals surface area contributed by atoms with Crippen LogP contribution in [0.2, 0.25) is 0 Å². The third-order valence-corrected chi connectivity index (χ3v) is 3.08. The minimum absolute atomic E-state index is 0. The van der Waals surface area contributed by atoms with E-state index in [9.17, 15) is 19.8 Å². The minimum atomic E-state index is -1.39. The fourth-order valence-electron chi connectivity index (χ4n) is 1.94. The van der Waals surface area contributed by atoms with Crippen LogP contribution in [0.25, 0.3) is 0 Å². The van der Waals surface area contributed by atoms with Crippen LogP contribution in [0.5, 0.6) is 0 Å². The van der Waals surface area contributed by atoms with Crippen molar-refractivity contribution in [3.05, 3.63) is 0 Å². The molecule has 0 unspecified atom stereocenters. The maximum absolute atomic E-state index is 10.6. The molecule has 5 nitrogen and oxygen atoms in total. The molecular weight excluding hydrogens is 292 g/mol. The Labute approximate surface area is 172 Å². The molecule has 1 N–H and O–H groups in total. The molecule has 0 bridgehead atoms. The predicted molar refractivity (Wildman–Crippen MR) is 69.0 cm³/mol. The van der Waals surface area contributed by atoms with Gasteiger partial charge in [-0.2, -0.15) is 0 Å². The first-order valence-corrected chi connectivity index (χ1v) is 7.22. The molecule has 0 aromatic rings. The van der Waals surface area contributed by atoms with Crippen molar-refractivity contribution in [2.24, 2.45) is 0 Å². The summed E-state index contributed by atoms with van der Waals surface area (Å²) in [5, 5.41) is 23.6. The van der Waals surface area contributed by atoms with E-state index in [2.05, 4.69) is 12.2 Å². The Balaban J connectivity index is -0.00000162. The Morgan fingerprint density at radius 1 is 0.905 bits per heavy atom. The number of unbranched alkanes of at least 4 members (excludes halogenated alkanes) is 7. The number of carboxylic acid groups (broad SMARTS) is 2. The van der Waals surface area contributed by atoms with Gasteiger partial charge in [0.1, 0.15) is 0 Å². The number of aliphatic carboxylic acids is 2. The van der Waals surface area contributed by atoms with E-state index < -0.39 is 24.4 Å². The number of carbonyl (C=O) groups is 2. The molecular formula is C14H25NNa2O4. The van der Waals surface area contributed by atoms with E-state index in [1.165, 1.54) is 32.1 Å². The summed E-state index contributed by atoms with van der Waals surface area (Å²) in [5.74, 6) is -2.76. The molecule has 0 heterocycles. The van der Waals surface area contributed by atoms with Crippen LogP contribution in [-0.2, 0) is 9.59 Å². The molecule has 0 aromatic carbocycles. The first kappa shape index (κ1) is 26.8. The average Bonchev–Trinajstić information content (AvgIpc) is 2.34. The number of hydrogen-bond donors (Lipinski definition) is 1.